The molecular weight excluding hydrogens is 841 g/mol. The highest BCUT2D eigenvalue weighted by Crippen LogP contribution is 2.18. The van der Waals surface area contributed by atoms with Crippen LogP contribution in [0.5, 0.6) is 0 Å². The molecule has 6 nitrogen and oxygen atoms in total. The molecule has 0 aromatic heterocycles. The van der Waals surface area contributed by atoms with Crippen LogP contribution in [0, 0.1) is 0 Å². The van der Waals surface area contributed by atoms with Crippen LogP contribution in [0.15, 0.2) is 12.2 Å². The summed E-state index contributed by atoms with van der Waals surface area (Å²) in [6.07, 6.45) is 66.9. The normalized spacial score (nSPS) is 12.0. The minimum Gasteiger partial charge on any atom is -0.462 e. The SMILES string of the molecule is CCC/C=C\CCCCCCCC(=O)OC(COC(=O)CCCCCCCCCCC)COC(=O)CCCCCCCCCCCCCCCCCCCCCCCCCCCCCCCCC. The van der Waals surface area contributed by atoms with Gasteiger partial charge in [-0.15, -0.1) is 0 Å². The molecule has 0 aliphatic carbocycles. The molecule has 0 saturated carbocycles. The summed E-state index contributed by atoms with van der Waals surface area (Å²) in [5.41, 5.74) is 0. The first kappa shape index (κ1) is 66.2. The fourth-order valence-electron chi connectivity index (χ4n) is 9.39. The van der Waals surface area contributed by atoms with E-state index >= 15 is 0 Å². The summed E-state index contributed by atoms with van der Waals surface area (Å²) in [6, 6.07) is 0. The van der Waals surface area contributed by atoms with Crippen LogP contribution in [0.3, 0.4) is 0 Å². The van der Waals surface area contributed by atoms with Crippen molar-refractivity contribution >= 4 is 17.9 Å². The summed E-state index contributed by atoms with van der Waals surface area (Å²) >= 11 is 0. The molecule has 0 N–H and O–H groups in total. The number of carbonyl (C=O) groups excluding carboxylic acids is 3. The van der Waals surface area contributed by atoms with Gasteiger partial charge in [-0.1, -0.05) is 303 Å². The van der Waals surface area contributed by atoms with E-state index in [-0.39, 0.29) is 31.1 Å². The van der Waals surface area contributed by atoms with Gasteiger partial charge in [-0.25, -0.2) is 0 Å². The van der Waals surface area contributed by atoms with Gasteiger partial charge in [0, 0.05) is 19.3 Å². The van der Waals surface area contributed by atoms with E-state index in [1.165, 1.54) is 238 Å². The molecule has 0 bridgehead atoms. The van der Waals surface area contributed by atoms with E-state index in [2.05, 4.69) is 32.9 Å². The van der Waals surface area contributed by atoms with Gasteiger partial charge in [0.05, 0.1) is 0 Å². The zero-order valence-electron chi connectivity index (χ0n) is 46.2. The molecular formula is C62H118O6. The summed E-state index contributed by atoms with van der Waals surface area (Å²) in [7, 11) is 0. The molecule has 1 atom stereocenters. The zero-order chi connectivity index (χ0) is 49.3. The van der Waals surface area contributed by atoms with Crippen molar-refractivity contribution in [1.29, 1.82) is 0 Å². The van der Waals surface area contributed by atoms with Crippen molar-refractivity contribution < 1.29 is 28.6 Å². The Bertz CT molecular complexity index is 1060. The summed E-state index contributed by atoms with van der Waals surface area (Å²) in [5, 5.41) is 0. The lowest BCUT2D eigenvalue weighted by molar-refractivity contribution is -0.167. The lowest BCUT2D eigenvalue weighted by Gasteiger charge is -2.18. The monoisotopic (exact) mass is 959 g/mol. The van der Waals surface area contributed by atoms with E-state index in [0.29, 0.717) is 19.3 Å². The number of rotatable bonds is 57. The molecule has 0 radical (unpaired) electrons. The van der Waals surface area contributed by atoms with Crippen molar-refractivity contribution in [2.75, 3.05) is 13.2 Å². The Kier molecular flexibility index (Phi) is 56.2. The summed E-state index contributed by atoms with van der Waals surface area (Å²) < 4.78 is 16.8. The first-order valence-electron chi connectivity index (χ1n) is 30.7. The maximum Gasteiger partial charge on any atom is 0.306 e. The molecule has 0 fully saturated rings. The molecule has 0 aromatic rings. The number of allylic oxidation sites excluding steroid dienone is 2. The topological polar surface area (TPSA) is 78.9 Å². The molecule has 0 spiro atoms. The van der Waals surface area contributed by atoms with Crippen LogP contribution in [0.2, 0.25) is 0 Å². The number of carbonyl (C=O) groups is 3. The number of hydrogen-bond acceptors (Lipinski definition) is 6. The molecule has 0 rings (SSSR count). The molecule has 6 heteroatoms. The molecule has 0 aromatic carbocycles. The van der Waals surface area contributed by atoms with Crippen LogP contribution in [0.25, 0.3) is 0 Å². The summed E-state index contributed by atoms with van der Waals surface area (Å²) in [5.74, 6) is -0.863. The van der Waals surface area contributed by atoms with Gasteiger partial charge in [0.1, 0.15) is 13.2 Å². The third-order valence-electron chi connectivity index (χ3n) is 14.0. The lowest BCUT2D eigenvalue weighted by Crippen LogP contribution is -2.30. The zero-order valence-corrected chi connectivity index (χ0v) is 46.2. The predicted molar refractivity (Wildman–Crippen MR) is 293 cm³/mol. The quantitative estimate of drug-likeness (QED) is 0.0262. The number of unbranched alkanes of at least 4 members (excludes halogenated alkanes) is 44. The van der Waals surface area contributed by atoms with Gasteiger partial charge in [0.25, 0.3) is 0 Å². The smallest absolute Gasteiger partial charge is 0.306 e. The van der Waals surface area contributed by atoms with Crippen LogP contribution >= 0.6 is 0 Å². The Morgan fingerprint density at radius 2 is 0.515 bits per heavy atom. The standard InChI is InChI=1S/C62H118O6/c1-4-7-10-13-16-19-21-22-23-24-25-26-27-28-29-30-31-32-33-34-35-36-37-38-39-40-41-44-46-49-52-55-61(64)67-58-59(57-66-60(63)54-51-48-45-42-18-15-12-9-6-3)68-62(65)56-53-50-47-43-20-17-14-11-8-5-2/h11,14,59H,4-10,12-13,15-58H2,1-3H3/b14-11-. The molecule has 0 amide bonds. The van der Waals surface area contributed by atoms with Crippen LogP contribution in [0.1, 0.15) is 348 Å². The second kappa shape index (κ2) is 57.7. The van der Waals surface area contributed by atoms with E-state index in [0.717, 1.165) is 70.6 Å². The Labute approximate surface area is 424 Å². The molecule has 0 heterocycles. The molecule has 0 aliphatic rings. The van der Waals surface area contributed by atoms with Gasteiger partial charge >= 0.3 is 17.9 Å². The van der Waals surface area contributed by atoms with Crippen LogP contribution in [-0.2, 0) is 28.6 Å². The third-order valence-corrected chi connectivity index (χ3v) is 14.0. The maximum absolute atomic E-state index is 12.7. The first-order chi connectivity index (χ1) is 33.5. The van der Waals surface area contributed by atoms with Crippen molar-refractivity contribution in [2.45, 2.75) is 354 Å². The Morgan fingerprint density at radius 3 is 0.794 bits per heavy atom. The number of ether oxygens (including phenoxy) is 3. The number of hydrogen-bond donors (Lipinski definition) is 0. The molecule has 0 aliphatic heterocycles. The molecule has 1 unspecified atom stereocenters. The van der Waals surface area contributed by atoms with Gasteiger partial charge in [-0.2, -0.15) is 0 Å². The van der Waals surface area contributed by atoms with Gasteiger partial charge in [-0.3, -0.25) is 14.4 Å². The van der Waals surface area contributed by atoms with Crippen molar-refractivity contribution in [3.8, 4) is 0 Å². The minimum atomic E-state index is -0.767. The van der Waals surface area contributed by atoms with E-state index < -0.39 is 6.10 Å². The average molecular weight is 960 g/mol. The van der Waals surface area contributed by atoms with E-state index in [4.69, 9.17) is 14.2 Å². The summed E-state index contributed by atoms with van der Waals surface area (Å²) in [4.78, 5) is 37.9. The van der Waals surface area contributed by atoms with Gasteiger partial charge in [0.15, 0.2) is 6.10 Å². The predicted octanol–water partition coefficient (Wildman–Crippen LogP) is 20.5. The highest BCUT2D eigenvalue weighted by Gasteiger charge is 2.19. The van der Waals surface area contributed by atoms with Crippen molar-refractivity contribution in [1.82, 2.24) is 0 Å². The van der Waals surface area contributed by atoms with E-state index in [9.17, 15) is 14.4 Å². The van der Waals surface area contributed by atoms with Crippen LogP contribution in [0.4, 0.5) is 0 Å². The van der Waals surface area contributed by atoms with E-state index in [1.54, 1.807) is 0 Å². The van der Waals surface area contributed by atoms with Gasteiger partial charge in [0.2, 0.25) is 0 Å². The maximum atomic E-state index is 12.7. The van der Waals surface area contributed by atoms with Crippen LogP contribution < -0.4 is 0 Å². The highest BCUT2D eigenvalue weighted by molar-refractivity contribution is 5.71. The largest absolute Gasteiger partial charge is 0.462 e. The second-order valence-corrected chi connectivity index (χ2v) is 21.0. The fraction of sp³-hybridized carbons (Fsp3) is 0.919. The van der Waals surface area contributed by atoms with Crippen molar-refractivity contribution in [3.05, 3.63) is 12.2 Å². The minimum absolute atomic E-state index is 0.0684. The Balaban J connectivity index is 3.92. The Morgan fingerprint density at radius 1 is 0.279 bits per heavy atom. The van der Waals surface area contributed by atoms with E-state index in [1.807, 2.05) is 0 Å². The van der Waals surface area contributed by atoms with Crippen molar-refractivity contribution in [2.24, 2.45) is 0 Å². The first-order valence-corrected chi connectivity index (χ1v) is 30.7. The van der Waals surface area contributed by atoms with Crippen LogP contribution in [-0.4, -0.2) is 37.2 Å². The average Bonchev–Trinajstić information content (AvgIpc) is 3.34. The molecule has 0 saturated heterocycles. The third kappa shape index (κ3) is 55.1. The molecule has 68 heavy (non-hydrogen) atoms. The highest BCUT2D eigenvalue weighted by atomic mass is 16.6. The van der Waals surface area contributed by atoms with Gasteiger partial charge < -0.3 is 14.2 Å². The second-order valence-electron chi connectivity index (χ2n) is 21.0. The van der Waals surface area contributed by atoms with Crippen molar-refractivity contribution in [3.63, 3.8) is 0 Å². The fourth-order valence-corrected chi connectivity index (χ4v) is 9.39. The molecule has 402 valence electrons. The lowest BCUT2D eigenvalue weighted by atomic mass is 10.0. The Hall–Kier alpha value is -1.85. The van der Waals surface area contributed by atoms with Gasteiger partial charge in [-0.05, 0) is 38.5 Å². The number of esters is 3. The summed E-state index contributed by atoms with van der Waals surface area (Å²) in [6.45, 7) is 6.60.